The van der Waals surface area contributed by atoms with Gasteiger partial charge in [0.2, 0.25) is 0 Å². The zero-order valence-corrected chi connectivity index (χ0v) is 17.9. The lowest BCUT2D eigenvalue weighted by Crippen LogP contribution is -2.51. The Morgan fingerprint density at radius 2 is 1.93 bits per heavy atom. The molecule has 2 unspecified atom stereocenters. The lowest BCUT2D eigenvalue weighted by atomic mass is 9.97. The molecule has 1 heterocycles. The Balaban J connectivity index is 1.47. The van der Waals surface area contributed by atoms with E-state index in [1.807, 2.05) is 26.1 Å². The van der Waals surface area contributed by atoms with Crippen LogP contribution in [0.3, 0.4) is 0 Å². The Bertz CT molecular complexity index is 777. The maximum Gasteiger partial charge on any atom is 0.191 e. The lowest BCUT2D eigenvalue weighted by molar-refractivity contribution is 0.134. The summed E-state index contributed by atoms with van der Waals surface area (Å²) in [7, 11) is 1.83. The third kappa shape index (κ3) is 6.50. The number of likely N-dealkylation sites (tertiary alicyclic amines) is 1. The molecular weight excluding hydrogens is 360 g/mol. The van der Waals surface area contributed by atoms with Crippen molar-refractivity contribution in [3.05, 3.63) is 65.7 Å². The van der Waals surface area contributed by atoms with Crippen LogP contribution in [0.1, 0.15) is 37.8 Å². The molecule has 3 rings (SSSR count). The number of hydrogen-bond acceptors (Lipinski definition) is 3. The standard InChI is InChI=1S/C24H34N4O/c1-4-29-23-12-8-11-21(16-23)17-26-24(25-3)27-22-13-14-28(19(2)15-22)18-20-9-6-5-7-10-20/h5-12,16,19,22H,4,13-15,17-18H2,1-3H3,(H2,25,26,27). The van der Waals surface area contributed by atoms with E-state index in [9.17, 15) is 0 Å². The number of guanidine groups is 1. The van der Waals surface area contributed by atoms with Gasteiger partial charge in [0.15, 0.2) is 5.96 Å². The predicted octanol–water partition coefficient (Wildman–Crippen LogP) is 3.80. The van der Waals surface area contributed by atoms with Crippen LogP contribution in [0.2, 0.25) is 0 Å². The van der Waals surface area contributed by atoms with E-state index in [2.05, 4.69) is 69.9 Å². The fraction of sp³-hybridized carbons (Fsp3) is 0.458. The van der Waals surface area contributed by atoms with Gasteiger partial charge in [0.1, 0.15) is 5.75 Å². The van der Waals surface area contributed by atoms with Crippen molar-refractivity contribution in [3.8, 4) is 5.75 Å². The van der Waals surface area contributed by atoms with Gasteiger partial charge in [0, 0.05) is 38.8 Å². The molecule has 0 amide bonds. The van der Waals surface area contributed by atoms with Crippen LogP contribution in [0.5, 0.6) is 5.75 Å². The maximum absolute atomic E-state index is 5.59. The number of ether oxygens (including phenoxy) is 1. The molecule has 0 aliphatic carbocycles. The smallest absolute Gasteiger partial charge is 0.191 e. The van der Waals surface area contributed by atoms with Gasteiger partial charge in [-0.3, -0.25) is 9.89 Å². The normalized spacial score (nSPS) is 20.3. The van der Waals surface area contributed by atoms with Crippen molar-refractivity contribution in [3.63, 3.8) is 0 Å². The summed E-state index contributed by atoms with van der Waals surface area (Å²) in [4.78, 5) is 6.99. The van der Waals surface area contributed by atoms with Gasteiger partial charge in [0.05, 0.1) is 6.61 Å². The van der Waals surface area contributed by atoms with Gasteiger partial charge in [-0.1, -0.05) is 42.5 Å². The highest BCUT2D eigenvalue weighted by atomic mass is 16.5. The Morgan fingerprint density at radius 1 is 1.14 bits per heavy atom. The number of benzene rings is 2. The van der Waals surface area contributed by atoms with Gasteiger partial charge < -0.3 is 15.4 Å². The van der Waals surface area contributed by atoms with E-state index in [1.54, 1.807) is 0 Å². The van der Waals surface area contributed by atoms with Crippen molar-refractivity contribution in [2.75, 3.05) is 20.2 Å². The van der Waals surface area contributed by atoms with E-state index in [0.717, 1.165) is 44.2 Å². The minimum atomic E-state index is 0.443. The second kappa shape index (κ2) is 10.9. The quantitative estimate of drug-likeness (QED) is 0.554. The highest BCUT2D eigenvalue weighted by Gasteiger charge is 2.25. The van der Waals surface area contributed by atoms with E-state index in [4.69, 9.17) is 4.74 Å². The second-order valence-corrected chi connectivity index (χ2v) is 7.68. The summed E-state index contributed by atoms with van der Waals surface area (Å²) in [5.41, 5.74) is 2.57. The SMILES string of the molecule is CCOc1cccc(CNC(=NC)NC2CCN(Cc3ccccc3)C(C)C2)c1. The molecule has 0 aromatic heterocycles. The molecule has 2 atom stereocenters. The molecule has 156 valence electrons. The largest absolute Gasteiger partial charge is 0.494 e. The molecule has 5 heteroatoms. The molecular formula is C24H34N4O. The van der Waals surface area contributed by atoms with E-state index >= 15 is 0 Å². The third-order valence-electron chi connectivity index (χ3n) is 5.48. The predicted molar refractivity (Wildman–Crippen MR) is 120 cm³/mol. The highest BCUT2D eigenvalue weighted by Crippen LogP contribution is 2.20. The second-order valence-electron chi connectivity index (χ2n) is 7.68. The monoisotopic (exact) mass is 394 g/mol. The molecule has 5 nitrogen and oxygen atoms in total. The topological polar surface area (TPSA) is 48.9 Å². The van der Waals surface area contributed by atoms with Crippen molar-refractivity contribution < 1.29 is 4.74 Å². The van der Waals surface area contributed by atoms with Crippen LogP contribution in [-0.2, 0) is 13.1 Å². The van der Waals surface area contributed by atoms with Crippen LogP contribution in [0.25, 0.3) is 0 Å². The first-order valence-electron chi connectivity index (χ1n) is 10.6. The van der Waals surface area contributed by atoms with Gasteiger partial charge in [-0.05, 0) is 49.9 Å². The van der Waals surface area contributed by atoms with Crippen LogP contribution in [0, 0.1) is 0 Å². The summed E-state index contributed by atoms with van der Waals surface area (Å²) in [6, 6.07) is 19.9. The van der Waals surface area contributed by atoms with E-state index in [-0.39, 0.29) is 0 Å². The molecule has 0 spiro atoms. The van der Waals surface area contributed by atoms with Crippen LogP contribution in [-0.4, -0.2) is 43.1 Å². The fourth-order valence-electron chi connectivity index (χ4n) is 3.89. The van der Waals surface area contributed by atoms with E-state index in [0.29, 0.717) is 18.7 Å². The summed E-state index contributed by atoms with van der Waals surface area (Å²) >= 11 is 0. The number of nitrogens with zero attached hydrogens (tertiary/aromatic N) is 2. The average molecular weight is 395 g/mol. The van der Waals surface area contributed by atoms with Crippen LogP contribution in [0.4, 0.5) is 0 Å². The molecule has 2 N–H and O–H groups in total. The molecule has 29 heavy (non-hydrogen) atoms. The van der Waals surface area contributed by atoms with Crippen LogP contribution < -0.4 is 15.4 Å². The van der Waals surface area contributed by atoms with Gasteiger partial charge >= 0.3 is 0 Å². The number of piperidine rings is 1. The molecule has 0 saturated carbocycles. The van der Waals surface area contributed by atoms with Gasteiger partial charge in [0.25, 0.3) is 0 Å². The van der Waals surface area contributed by atoms with Crippen molar-refractivity contribution in [1.29, 1.82) is 0 Å². The van der Waals surface area contributed by atoms with Crippen LogP contribution in [0.15, 0.2) is 59.6 Å². The van der Waals surface area contributed by atoms with E-state index < -0.39 is 0 Å². The Labute approximate surface area is 175 Å². The molecule has 2 aromatic carbocycles. The Hall–Kier alpha value is -2.53. The zero-order chi connectivity index (χ0) is 20.5. The summed E-state index contributed by atoms with van der Waals surface area (Å²) in [6.45, 7) is 7.86. The maximum atomic E-state index is 5.59. The fourth-order valence-corrected chi connectivity index (χ4v) is 3.89. The number of rotatable bonds is 7. The van der Waals surface area contributed by atoms with Gasteiger partial charge in [-0.25, -0.2) is 0 Å². The van der Waals surface area contributed by atoms with E-state index in [1.165, 1.54) is 11.1 Å². The molecule has 0 radical (unpaired) electrons. The van der Waals surface area contributed by atoms with Crippen LogP contribution >= 0.6 is 0 Å². The Kier molecular flexibility index (Phi) is 7.94. The molecule has 1 fully saturated rings. The first kappa shape index (κ1) is 21.2. The molecule has 2 aromatic rings. The Morgan fingerprint density at radius 3 is 2.66 bits per heavy atom. The average Bonchev–Trinajstić information content (AvgIpc) is 2.74. The first-order chi connectivity index (χ1) is 14.2. The molecule has 0 bridgehead atoms. The highest BCUT2D eigenvalue weighted by molar-refractivity contribution is 5.80. The summed E-state index contributed by atoms with van der Waals surface area (Å²) in [5, 5.41) is 7.05. The molecule has 1 aliphatic heterocycles. The van der Waals surface area contributed by atoms with Crippen molar-refractivity contribution in [2.24, 2.45) is 4.99 Å². The first-order valence-corrected chi connectivity index (χ1v) is 10.6. The number of aliphatic imine (C=N–C) groups is 1. The molecule has 1 saturated heterocycles. The van der Waals surface area contributed by atoms with Gasteiger partial charge in [-0.15, -0.1) is 0 Å². The van der Waals surface area contributed by atoms with Gasteiger partial charge in [-0.2, -0.15) is 0 Å². The minimum Gasteiger partial charge on any atom is -0.494 e. The summed E-state index contributed by atoms with van der Waals surface area (Å²) in [6.07, 6.45) is 2.24. The van der Waals surface area contributed by atoms with Crippen molar-refractivity contribution in [1.82, 2.24) is 15.5 Å². The third-order valence-corrected chi connectivity index (χ3v) is 5.48. The minimum absolute atomic E-state index is 0.443. The molecule has 1 aliphatic rings. The zero-order valence-electron chi connectivity index (χ0n) is 17.9. The summed E-state index contributed by atoms with van der Waals surface area (Å²) < 4.78 is 5.59. The lowest BCUT2D eigenvalue weighted by Gasteiger charge is -2.38. The number of hydrogen-bond donors (Lipinski definition) is 2. The summed E-state index contributed by atoms with van der Waals surface area (Å²) in [5.74, 6) is 1.77. The number of nitrogens with one attached hydrogen (secondary N) is 2. The van der Waals surface area contributed by atoms with Crippen molar-refractivity contribution in [2.45, 2.75) is 51.9 Å². The van der Waals surface area contributed by atoms with Crippen molar-refractivity contribution >= 4 is 5.96 Å².